The number of aliphatic hydroxyl groups is 1. The van der Waals surface area contributed by atoms with Gasteiger partial charge in [0, 0.05) is 18.7 Å². The number of hydrogen-bond donors (Lipinski definition) is 2. The minimum absolute atomic E-state index is 0.121. The SMILES string of the molecule is NC(=O)CCCn1c(C=O)ccc1CO. The topological polar surface area (TPSA) is 85.3 Å². The van der Waals surface area contributed by atoms with Crippen LogP contribution in [0.1, 0.15) is 29.0 Å². The third-order valence-corrected chi connectivity index (χ3v) is 2.19. The molecule has 0 atom stereocenters. The number of aliphatic hydroxyl groups excluding tert-OH is 1. The van der Waals surface area contributed by atoms with Crippen molar-refractivity contribution in [1.29, 1.82) is 0 Å². The van der Waals surface area contributed by atoms with Gasteiger partial charge in [0.2, 0.25) is 5.91 Å². The van der Waals surface area contributed by atoms with Gasteiger partial charge in [-0.1, -0.05) is 0 Å². The van der Waals surface area contributed by atoms with Gasteiger partial charge in [0.05, 0.1) is 12.3 Å². The minimum atomic E-state index is -0.361. The van der Waals surface area contributed by atoms with Crippen LogP contribution in [-0.4, -0.2) is 21.9 Å². The standard InChI is InChI=1S/C10H14N2O3/c11-10(15)2-1-5-12-8(6-13)3-4-9(12)7-14/h3-4,6,14H,1-2,5,7H2,(H2,11,15). The second-order valence-corrected chi connectivity index (χ2v) is 3.25. The Morgan fingerprint density at radius 1 is 1.53 bits per heavy atom. The van der Waals surface area contributed by atoms with Crippen molar-refractivity contribution in [3.05, 3.63) is 23.5 Å². The molecule has 1 rings (SSSR count). The molecule has 0 bridgehead atoms. The average molecular weight is 210 g/mol. The highest BCUT2D eigenvalue weighted by Gasteiger charge is 2.06. The zero-order valence-electron chi connectivity index (χ0n) is 8.35. The van der Waals surface area contributed by atoms with Crippen molar-refractivity contribution in [2.24, 2.45) is 5.73 Å². The number of hydrogen-bond acceptors (Lipinski definition) is 3. The molecular weight excluding hydrogens is 196 g/mol. The average Bonchev–Trinajstić information content (AvgIpc) is 2.59. The quantitative estimate of drug-likeness (QED) is 0.651. The molecule has 1 heterocycles. The van der Waals surface area contributed by atoms with Crippen LogP contribution < -0.4 is 5.73 Å². The number of carbonyl (C=O) groups excluding carboxylic acids is 2. The summed E-state index contributed by atoms with van der Waals surface area (Å²) in [6.07, 6.45) is 1.57. The highest BCUT2D eigenvalue weighted by molar-refractivity contribution is 5.74. The predicted molar refractivity (Wildman–Crippen MR) is 54.2 cm³/mol. The van der Waals surface area contributed by atoms with Gasteiger partial charge < -0.3 is 15.4 Å². The molecule has 3 N–H and O–H groups in total. The molecule has 1 aromatic heterocycles. The molecule has 82 valence electrons. The van der Waals surface area contributed by atoms with Crippen LogP contribution in [0.15, 0.2) is 12.1 Å². The molecule has 1 aromatic rings. The van der Waals surface area contributed by atoms with Crippen LogP contribution >= 0.6 is 0 Å². The Bertz CT molecular complexity index is 358. The Balaban J connectivity index is 2.68. The first-order valence-electron chi connectivity index (χ1n) is 4.71. The van der Waals surface area contributed by atoms with Crippen LogP contribution in [0.4, 0.5) is 0 Å². The third-order valence-electron chi connectivity index (χ3n) is 2.19. The van der Waals surface area contributed by atoms with Crippen LogP contribution in [0.5, 0.6) is 0 Å². The summed E-state index contributed by atoms with van der Waals surface area (Å²) < 4.78 is 1.69. The van der Waals surface area contributed by atoms with E-state index in [-0.39, 0.29) is 18.9 Å². The van der Waals surface area contributed by atoms with Gasteiger partial charge in [-0.15, -0.1) is 0 Å². The first-order valence-corrected chi connectivity index (χ1v) is 4.71. The maximum atomic E-state index is 10.7. The minimum Gasteiger partial charge on any atom is -0.390 e. The molecule has 5 heteroatoms. The lowest BCUT2D eigenvalue weighted by molar-refractivity contribution is -0.118. The number of amides is 1. The van der Waals surface area contributed by atoms with Gasteiger partial charge >= 0.3 is 0 Å². The molecule has 0 aliphatic carbocycles. The molecule has 0 spiro atoms. The summed E-state index contributed by atoms with van der Waals surface area (Å²) in [6, 6.07) is 3.33. The lowest BCUT2D eigenvalue weighted by Gasteiger charge is -2.08. The Kier molecular flexibility index (Phi) is 4.05. The summed E-state index contributed by atoms with van der Waals surface area (Å²) in [6.45, 7) is 0.393. The van der Waals surface area contributed by atoms with E-state index in [4.69, 9.17) is 10.8 Å². The fourth-order valence-electron chi connectivity index (χ4n) is 1.45. The smallest absolute Gasteiger partial charge is 0.217 e. The van der Waals surface area contributed by atoms with Crippen molar-refractivity contribution in [1.82, 2.24) is 4.57 Å². The van der Waals surface area contributed by atoms with E-state index in [9.17, 15) is 9.59 Å². The summed E-state index contributed by atoms with van der Waals surface area (Å²) in [4.78, 5) is 21.2. The molecule has 5 nitrogen and oxygen atoms in total. The number of nitrogens with zero attached hydrogens (tertiary/aromatic N) is 1. The van der Waals surface area contributed by atoms with Gasteiger partial charge in [0.15, 0.2) is 6.29 Å². The van der Waals surface area contributed by atoms with E-state index in [1.165, 1.54) is 0 Å². The molecular formula is C10H14N2O3. The second-order valence-electron chi connectivity index (χ2n) is 3.25. The Morgan fingerprint density at radius 2 is 2.27 bits per heavy atom. The predicted octanol–water partition coefficient (Wildman–Crippen LogP) is 0.0584. The number of aldehydes is 1. The molecule has 0 saturated carbocycles. The van der Waals surface area contributed by atoms with Crippen molar-refractivity contribution in [2.75, 3.05) is 0 Å². The van der Waals surface area contributed by atoms with Crippen LogP contribution in [-0.2, 0) is 17.9 Å². The molecule has 0 aliphatic rings. The van der Waals surface area contributed by atoms with Crippen LogP contribution in [0.3, 0.4) is 0 Å². The molecule has 15 heavy (non-hydrogen) atoms. The van der Waals surface area contributed by atoms with E-state index in [2.05, 4.69) is 0 Å². The summed E-state index contributed by atoms with van der Waals surface area (Å²) in [5.41, 5.74) is 6.18. The van der Waals surface area contributed by atoms with Crippen LogP contribution in [0, 0.1) is 0 Å². The molecule has 0 saturated heterocycles. The van der Waals surface area contributed by atoms with Crippen molar-refractivity contribution in [3.8, 4) is 0 Å². The maximum Gasteiger partial charge on any atom is 0.217 e. The fraction of sp³-hybridized carbons (Fsp3) is 0.400. The number of nitrogens with two attached hydrogens (primary N) is 1. The van der Waals surface area contributed by atoms with Crippen molar-refractivity contribution < 1.29 is 14.7 Å². The monoisotopic (exact) mass is 210 g/mol. The van der Waals surface area contributed by atoms with E-state index < -0.39 is 0 Å². The van der Waals surface area contributed by atoms with E-state index >= 15 is 0 Å². The number of rotatable bonds is 6. The first kappa shape index (κ1) is 11.5. The van der Waals surface area contributed by atoms with Gasteiger partial charge in [0.1, 0.15) is 0 Å². The second kappa shape index (κ2) is 5.31. The Labute approximate surface area is 87.5 Å². The van der Waals surface area contributed by atoms with E-state index in [0.717, 1.165) is 6.29 Å². The van der Waals surface area contributed by atoms with Gasteiger partial charge in [-0.05, 0) is 18.6 Å². The zero-order valence-corrected chi connectivity index (χ0v) is 8.35. The van der Waals surface area contributed by atoms with E-state index in [1.807, 2.05) is 0 Å². The maximum absolute atomic E-state index is 10.7. The number of primary amides is 1. The summed E-state index contributed by atoms with van der Waals surface area (Å²) in [7, 11) is 0. The Morgan fingerprint density at radius 3 is 2.80 bits per heavy atom. The molecule has 1 amide bonds. The number of carbonyl (C=O) groups is 2. The van der Waals surface area contributed by atoms with E-state index in [1.54, 1.807) is 16.7 Å². The van der Waals surface area contributed by atoms with Crippen LogP contribution in [0.2, 0.25) is 0 Å². The molecule has 0 aliphatic heterocycles. The third kappa shape index (κ3) is 2.92. The van der Waals surface area contributed by atoms with E-state index in [0.29, 0.717) is 24.4 Å². The fourth-order valence-corrected chi connectivity index (χ4v) is 1.45. The molecule has 0 radical (unpaired) electrons. The largest absolute Gasteiger partial charge is 0.390 e. The van der Waals surface area contributed by atoms with Gasteiger partial charge in [-0.25, -0.2) is 0 Å². The van der Waals surface area contributed by atoms with Crippen molar-refractivity contribution in [3.63, 3.8) is 0 Å². The summed E-state index contributed by atoms with van der Waals surface area (Å²) in [5, 5.41) is 9.01. The van der Waals surface area contributed by atoms with Gasteiger partial charge in [-0.2, -0.15) is 0 Å². The highest BCUT2D eigenvalue weighted by atomic mass is 16.3. The van der Waals surface area contributed by atoms with Gasteiger partial charge in [0.25, 0.3) is 0 Å². The molecule has 0 fully saturated rings. The normalized spacial score (nSPS) is 10.2. The highest BCUT2D eigenvalue weighted by Crippen LogP contribution is 2.09. The molecule has 0 unspecified atom stereocenters. The summed E-state index contributed by atoms with van der Waals surface area (Å²) >= 11 is 0. The Hall–Kier alpha value is -1.62. The molecule has 0 aromatic carbocycles. The lowest BCUT2D eigenvalue weighted by Crippen LogP contribution is -2.13. The zero-order chi connectivity index (χ0) is 11.3. The first-order chi connectivity index (χ1) is 7.19. The summed E-state index contributed by atoms with van der Waals surface area (Å²) in [5.74, 6) is -0.361. The van der Waals surface area contributed by atoms with Gasteiger partial charge in [-0.3, -0.25) is 9.59 Å². The lowest BCUT2D eigenvalue weighted by atomic mass is 10.3. The van der Waals surface area contributed by atoms with Crippen molar-refractivity contribution >= 4 is 12.2 Å². The van der Waals surface area contributed by atoms with Crippen molar-refractivity contribution in [2.45, 2.75) is 26.0 Å². The van der Waals surface area contributed by atoms with Crippen LogP contribution in [0.25, 0.3) is 0 Å². The number of aromatic nitrogens is 1.